The van der Waals surface area contributed by atoms with Crippen LogP contribution >= 0.6 is 0 Å². The van der Waals surface area contributed by atoms with Crippen molar-refractivity contribution in [3.05, 3.63) is 36.6 Å². The summed E-state index contributed by atoms with van der Waals surface area (Å²) >= 11 is 0. The van der Waals surface area contributed by atoms with E-state index in [9.17, 15) is 24.0 Å². The molecule has 2 heterocycles. The maximum absolute atomic E-state index is 11.7. The van der Waals surface area contributed by atoms with Gasteiger partial charge in [0.25, 0.3) is 17.7 Å². The molecule has 0 fully saturated rings. The molecular weight excluding hydrogens is 520 g/mol. The van der Waals surface area contributed by atoms with Gasteiger partial charge in [-0.1, -0.05) is 61.0 Å². The number of allylic oxidation sites excluding steroid dienone is 1. The van der Waals surface area contributed by atoms with E-state index >= 15 is 0 Å². The fraction of sp³-hybridized carbons (Fsp3) is 0.667. The first kappa shape index (κ1) is 38.1. The molecule has 2 aliphatic heterocycles. The SMILES string of the molecule is C.C=C1C=CC(=O)N1CCCC(=O)CCOCCC(C)C.CC(C)CCCCCC(=O)CCCN1C(=O)C=CC1=O. The van der Waals surface area contributed by atoms with Crippen molar-refractivity contribution in [3.8, 4) is 0 Å². The minimum atomic E-state index is -0.267. The number of unbranched alkanes of at least 4 members (excludes halogenated alkanes) is 2. The van der Waals surface area contributed by atoms with Gasteiger partial charge in [-0.25, -0.2) is 0 Å². The van der Waals surface area contributed by atoms with Crippen molar-refractivity contribution < 1.29 is 28.7 Å². The van der Waals surface area contributed by atoms with Crippen molar-refractivity contribution in [2.45, 2.75) is 106 Å². The zero-order valence-corrected chi connectivity index (χ0v) is 25.1. The molecule has 0 unspecified atom stereocenters. The number of imide groups is 1. The minimum absolute atomic E-state index is 0. The summed E-state index contributed by atoms with van der Waals surface area (Å²) in [6.45, 7) is 14.6. The Balaban J connectivity index is 0.000000762. The smallest absolute Gasteiger partial charge is 0.253 e. The summed E-state index contributed by atoms with van der Waals surface area (Å²) < 4.78 is 5.42. The maximum Gasteiger partial charge on any atom is 0.253 e. The fourth-order valence-electron chi connectivity index (χ4n) is 4.17. The number of amides is 3. The molecular formula is C33H54N2O6. The number of carbonyl (C=O) groups is 5. The second kappa shape index (κ2) is 21.8. The Morgan fingerprint density at radius 2 is 1.15 bits per heavy atom. The van der Waals surface area contributed by atoms with Gasteiger partial charge in [0, 0.05) is 69.3 Å². The number of Topliss-reactive ketones (excluding diaryl/α,β-unsaturated/α-hetero) is 2. The molecule has 232 valence electrons. The first-order valence-electron chi connectivity index (χ1n) is 14.8. The van der Waals surface area contributed by atoms with Gasteiger partial charge in [-0.3, -0.25) is 28.9 Å². The third-order valence-electron chi connectivity index (χ3n) is 6.71. The summed E-state index contributed by atoms with van der Waals surface area (Å²) in [6.07, 6.45) is 14.5. The highest BCUT2D eigenvalue weighted by Crippen LogP contribution is 2.14. The lowest BCUT2D eigenvalue weighted by Crippen LogP contribution is -2.31. The van der Waals surface area contributed by atoms with Crippen LogP contribution in [0.4, 0.5) is 0 Å². The number of hydrogen-bond donors (Lipinski definition) is 0. The van der Waals surface area contributed by atoms with Crippen molar-refractivity contribution in [2.24, 2.45) is 11.8 Å². The first-order chi connectivity index (χ1) is 19.0. The second-order valence-electron chi connectivity index (χ2n) is 11.3. The lowest BCUT2D eigenvalue weighted by Gasteiger charge is -2.16. The van der Waals surface area contributed by atoms with Crippen molar-refractivity contribution in [3.63, 3.8) is 0 Å². The van der Waals surface area contributed by atoms with Gasteiger partial charge < -0.3 is 9.64 Å². The first-order valence-corrected chi connectivity index (χ1v) is 14.8. The number of ether oxygens (including phenoxy) is 1. The van der Waals surface area contributed by atoms with Crippen LogP contribution in [0.25, 0.3) is 0 Å². The summed E-state index contributed by atoms with van der Waals surface area (Å²) in [4.78, 5) is 60.1. The average molecular weight is 575 g/mol. The molecule has 0 radical (unpaired) electrons. The Labute approximate surface area is 248 Å². The van der Waals surface area contributed by atoms with Crippen LogP contribution in [0.15, 0.2) is 36.6 Å². The van der Waals surface area contributed by atoms with E-state index in [1.807, 2.05) is 0 Å². The number of hydrogen-bond acceptors (Lipinski definition) is 6. The standard InChI is InChI=1S/2C16H25NO3.CH4/c1-13(2)8-11-20-12-9-15(18)5-4-10-17-14(3)6-7-16(17)19;1-13(2)7-4-3-5-8-14(18)9-6-12-17-15(19)10-11-16(17)20;/h6-7,13H,3-5,8-12H2,1-2H3;10-11,13H,3-9,12H2,1-2H3;1H4. The average Bonchev–Trinajstić information content (AvgIpc) is 3.38. The highest BCUT2D eigenvalue weighted by Gasteiger charge is 2.22. The predicted molar refractivity (Wildman–Crippen MR) is 164 cm³/mol. The predicted octanol–water partition coefficient (Wildman–Crippen LogP) is 6.20. The number of carbonyl (C=O) groups excluding carboxylic acids is 5. The quantitative estimate of drug-likeness (QED) is 0.127. The molecule has 3 amide bonds. The molecule has 0 aromatic heterocycles. The highest BCUT2D eigenvalue weighted by atomic mass is 16.5. The Kier molecular flexibility index (Phi) is 20.3. The van der Waals surface area contributed by atoms with Crippen molar-refractivity contribution in [2.75, 3.05) is 26.3 Å². The third-order valence-corrected chi connectivity index (χ3v) is 6.71. The molecule has 0 N–H and O–H groups in total. The molecule has 2 aliphatic rings. The van der Waals surface area contributed by atoms with Gasteiger partial charge in [-0.05, 0) is 43.6 Å². The van der Waals surface area contributed by atoms with E-state index in [0.29, 0.717) is 69.8 Å². The zero-order valence-electron chi connectivity index (χ0n) is 25.1. The summed E-state index contributed by atoms with van der Waals surface area (Å²) in [7, 11) is 0. The van der Waals surface area contributed by atoms with Crippen LogP contribution in [0.2, 0.25) is 0 Å². The van der Waals surface area contributed by atoms with E-state index in [1.165, 1.54) is 36.0 Å². The summed E-state index contributed by atoms with van der Waals surface area (Å²) in [5, 5.41) is 0. The highest BCUT2D eigenvalue weighted by molar-refractivity contribution is 6.12. The van der Waals surface area contributed by atoms with Gasteiger partial charge in [-0.2, -0.15) is 0 Å². The van der Waals surface area contributed by atoms with Crippen LogP contribution in [0, 0.1) is 11.8 Å². The van der Waals surface area contributed by atoms with E-state index in [-0.39, 0.29) is 36.7 Å². The van der Waals surface area contributed by atoms with Gasteiger partial charge in [0.05, 0.1) is 6.61 Å². The molecule has 0 saturated heterocycles. The van der Waals surface area contributed by atoms with E-state index in [0.717, 1.165) is 31.8 Å². The van der Waals surface area contributed by atoms with Gasteiger partial charge in [-0.15, -0.1) is 0 Å². The lowest BCUT2D eigenvalue weighted by atomic mass is 10.0. The second-order valence-corrected chi connectivity index (χ2v) is 11.3. The number of rotatable bonds is 20. The van der Waals surface area contributed by atoms with Crippen LogP contribution in [0.3, 0.4) is 0 Å². The Morgan fingerprint density at radius 3 is 1.68 bits per heavy atom. The topological polar surface area (TPSA) is 101 Å². The van der Waals surface area contributed by atoms with Gasteiger partial charge in [0.1, 0.15) is 11.6 Å². The molecule has 0 bridgehead atoms. The molecule has 0 atom stereocenters. The summed E-state index contributed by atoms with van der Waals surface area (Å²) in [5.41, 5.74) is 0.708. The summed E-state index contributed by atoms with van der Waals surface area (Å²) in [5.74, 6) is 1.22. The van der Waals surface area contributed by atoms with Gasteiger partial charge >= 0.3 is 0 Å². The monoisotopic (exact) mass is 574 g/mol. The fourth-order valence-corrected chi connectivity index (χ4v) is 4.17. The molecule has 8 heteroatoms. The van der Waals surface area contributed by atoms with Crippen LogP contribution in [0.1, 0.15) is 106 Å². The van der Waals surface area contributed by atoms with Crippen LogP contribution in [0.5, 0.6) is 0 Å². The maximum atomic E-state index is 11.7. The molecule has 0 aromatic carbocycles. The molecule has 8 nitrogen and oxygen atoms in total. The van der Waals surface area contributed by atoms with Crippen LogP contribution in [-0.2, 0) is 28.7 Å². The Hall–Kier alpha value is -2.87. The van der Waals surface area contributed by atoms with Crippen LogP contribution < -0.4 is 0 Å². The number of ketones is 2. The molecule has 0 aromatic rings. The van der Waals surface area contributed by atoms with E-state index in [2.05, 4.69) is 34.3 Å². The largest absolute Gasteiger partial charge is 0.381 e. The van der Waals surface area contributed by atoms with E-state index in [4.69, 9.17) is 4.74 Å². The van der Waals surface area contributed by atoms with Crippen LogP contribution in [-0.4, -0.2) is 65.4 Å². The normalized spacial score (nSPS) is 14.3. The van der Waals surface area contributed by atoms with Crippen molar-refractivity contribution in [1.82, 2.24) is 9.80 Å². The van der Waals surface area contributed by atoms with Crippen molar-refractivity contribution >= 4 is 29.3 Å². The number of nitrogens with zero attached hydrogens (tertiary/aromatic N) is 2. The van der Waals surface area contributed by atoms with E-state index < -0.39 is 0 Å². The molecule has 0 saturated carbocycles. The molecule has 0 aliphatic carbocycles. The zero-order chi connectivity index (χ0) is 29.9. The van der Waals surface area contributed by atoms with E-state index in [1.54, 1.807) is 11.0 Å². The Morgan fingerprint density at radius 1 is 0.659 bits per heavy atom. The third kappa shape index (κ3) is 17.5. The van der Waals surface area contributed by atoms with Gasteiger partial charge in [0.2, 0.25) is 0 Å². The molecule has 0 spiro atoms. The van der Waals surface area contributed by atoms with Crippen molar-refractivity contribution in [1.29, 1.82) is 0 Å². The lowest BCUT2D eigenvalue weighted by molar-refractivity contribution is -0.137. The van der Waals surface area contributed by atoms with Gasteiger partial charge in [0.15, 0.2) is 0 Å². The Bertz CT molecular complexity index is 809. The summed E-state index contributed by atoms with van der Waals surface area (Å²) in [6, 6.07) is 0. The molecule has 2 rings (SSSR count). The minimum Gasteiger partial charge on any atom is -0.381 e. The molecule has 41 heavy (non-hydrogen) atoms.